The van der Waals surface area contributed by atoms with E-state index in [0.717, 1.165) is 0 Å². The molecule has 1 fully saturated rings. The van der Waals surface area contributed by atoms with E-state index < -0.39 is 24.3 Å². The molecule has 0 unspecified atom stereocenters. The molecule has 0 aromatic heterocycles. The number of phenolic OH excluding ortho intramolecular Hbond substituents is 1. The number of aliphatic imine (C=N–C) groups is 1. The first-order valence-corrected chi connectivity index (χ1v) is 4.74. The Hall–Kier alpha value is -1.74. The maximum Gasteiger partial charge on any atom is 0.253 e. The van der Waals surface area contributed by atoms with Crippen molar-refractivity contribution in [2.24, 2.45) is 4.99 Å². The van der Waals surface area contributed by atoms with Gasteiger partial charge in [0.15, 0.2) is 0 Å². The van der Waals surface area contributed by atoms with E-state index >= 15 is 0 Å². The zero-order valence-corrected chi connectivity index (χ0v) is 8.28. The molecule has 16 heavy (non-hydrogen) atoms. The molecular weight excluding hydrogens is 216 g/mol. The molecule has 0 aliphatic heterocycles. The Labute approximate surface area is 90.4 Å². The highest BCUT2D eigenvalue weighted by Gasteiger charge is 2.58. The van der Waals surface area contributed by atoms with Gasteiger partial charge in [0.1, 0.15) is 11.3 Å². The molecule has 1 aromatic rings. The van der Waals surface area contributed by atoms with Crippen molar-refractivity contribution in [3.05, 3.63) is 29.8 Å². The van der Waals surface area contributed by atoms with Crippen LogP contribution in [0.1, 0.15) is 18.4 Å². The second kappa shape index (κ2) is 3.39. The second-order valence-corrected chi connectivity index (χ2v) is 3.99. The number of alkyl halides is 2. The highest BCUT2D eigenvalue weighted by Crippen LogP contribution is 2.54. The zero-order chi connectivity index (χ0) is 11.8. The number of hydrogen-bond donors (Lipinski definition) is 1. The van der Waals surface area contributed by atoms with Crippen LogP contribution in [0.3, 0.4) is 0 Å². The number of benzene rings is 1. The van der Waals surface area contributed by atoms with Gasteiger partial charge < -0.3 is 5.11 Å². The van der Waals surface area contributed by atoms with Crippen LogP contribution in [0.15, 0.2) is 29.3 Å². The van der Waals surface area contributed by atoms with Crippen LogP contribution in [0.25, 0.3) is 0 Å². The normalized spacial score (nSPS) is 20.6. The summed E-state index contributed by atoms with van der Waals surface area (Å²) in [5.41, 5.74) is -0.800. The van der Waals surface area contributed by atoms with Gasteiger partial charge in [-0.1, -0.05) is 12.1 Å². The summed E-state index contributed by atoms with van der Waals surface area (Å²) in [6.07, 6.45) is 0.296. The van der Waals surface area contributed by atoms with Gasteiger partial charge in [0.25, 0.3) is 5.92 Å². The van der Waals surface area contributed by atoms with Crippen LogP contribution in [-0.2, 0) is 10.3 Å². The summed E-state index contributed by atoms with van der Waals surface area (Å²) >= 11 is 0. The lowest BCUT2D eigenvalue weighted by molar-refractivity contribution is -0.124. The molecule has 0 spiro atoms. The molecule has 1 aliphatic carbocycles. The van der Waals surface area contributed by atoms with E-state index in [0.29, 0.717) is 5.56 Å². The molecule has 1 N–H and O–H groups in total. The smallest absolute Gasteiger partial charge is 0.253 e. The first-order chi connectivity index (χ1) is 7.47. The fourth-order valence-electron chi connectivity index (χ4n) is 2.03. The van der Waals surface area contributed by atoms with Gasteiger partial charge in [-0.3, -0.25) is 0 Å². The maximum atomic E-state index is 12.9. The summed E-state index contributed by atoms with van der Waals surface area (Å²) in [6.45, 7) is 0. The average Bonchev–Trinajstić information content (AvgIpc) is 2.15. The minimum atomic E-state index is -2.80. The Morgan fingerprint density at radius 2 is 2.06 bits per heavy atom. The minimum absolute atomic E-state index is 0.0341. The summed E-state index contributed by atoms with van der Waals surface area (Å²) in [4.78, 5) is 13.8. The molecule has 3 nitrogen and oxygen atoms in total. The van der Waals surface area contributed by atoms with Gasteiger partial charge in [-0.05, 0) is 17.7 Å². The number of hydrogen-bond acceptors (Lipinski definition) is 3. The highest BCUT2D eigenvalue weighted by atomic mass is 19.3. The van der Waals surface area contributed by atoms with Gasteiger partial charge in [0.05, 0.1) is 0 Å². The maximum absolute atomic E-state index is 12.9. The molecular formula is C11H9F2NO2. The molecule has 1 aromatic carbocycles. The first-order valence-electron chi connectivity index (χ1n) is 4.74. The van der Waals surface area contributed by atoms with Crippen LogP contribution in [-0.4, -0.2) is 17.1 Å². The van der Waals surface area contributed by atoms with E-state index in [9.17, 15) is 18.7 Å². The zero-order valence-electron chi connectivity index (χ0n) is 8.28. The SMILES string of the molecule is O=C=NC1(c2cccc(O)c2)CC(F)(F)C1. The largest absolute Gasteiger partial charge is 0.508 e. The van der Waals surface area contributed by atoms with Gasteiger partial charge in [0.2, 0.25) is 6.08 Å². The van der Waals surface area contributed by atoms with Gasteiger partial charge >= 0.3 is 0 Å². The number of carbonyl (C=O) groups excluding carboxylic acids is 1. The van der Waals surface area contributed by atoms with Crippen LogP contribution in [0, 0.1) is 0 Å². The molecule has 0 amide bonds. The molecule has 2 rings (SSSR count). The molecule has 5 heteroatoms. The van der Waals surface area contributed by atoms with Crippen molar-refractivity contribution in [2.45, 2.75) is 24.3 Å². The molecule has 0 saturated heterocycles. The molecule has 1 saturated carbocycles. The predicted molar refractivity (Wildman–Crippen MR) is 52.1 cm³/mol. The van der Waals surface area contributed by atoms with Gasteiger partial charge in [-0.2, -0.15) is 4.99 Å². The van der Waals surface area contributed by atoms with E-state index in [1.54, 1.807) is 6.07 Å². The van der Waals surface area contributed by atoms with Crippen molar-refractivity contribution < 1.29 is 18.7 Å². The number of nitrogens with zero attached hydrogens (tertiary/aromatic N) is 1. The lowest BCUT2D eigenvalue weighted by atomic mass is 9.69. The van der Waals surface area contributed by atoms with Crippen molar-refractivity contribution >= 4 is 6.08 Å². The van der Waals surface area contributed by atoms with Gasteiger partial charge in [0, 0.05) is 12.8 Å². The Kier molecular flexibility index (Phi) is 2.28. The summed E-state index contributed by atoms with van der Waals surface area (Å²) in [5.74, 6) is -2.83. The van der Waals surface area contributed by atoms with E-state index in [1.165, 1.54) is 24.3 Å². The predicted octanol–water partition coefficient (Wildman–Crippen LogP) is 2.35. The lowest BCUT2D eigenvalue weighted by Gasteiger charge is -2.43. The average molecular weight is 225 g/mol. The third-order valence-corrected chi connectivity index (χ3v) is 2.75. The van der Waals surface area contributed by atoms with E-state index in [2.05, 4.69) is 4.99 Å². The molecule has 0 radical (unpaired) electrons. The van der Waals surface area contributed by atoms with E-state index in [4.69, 9.17) is 0 Å². The topological polar surface area (TPSA) is 49.7 Å². The van der Waals surface area contributed by atoms with E-state index in [-0.39, 0.29) is 5.75 Å². The Bertz CT molecular complexity index is 459. The molecule has 1 aliphatic rings. The summed E-state index contributed by atoms with van der Waals surface area (Å²) in [6, 6.07) is 5.87. The second-order valence-electron chi connectivity index (χ2n) is 3.99. The minimum Gasteiger partial charge on any atom is -0.508 e. The van der Waals surface area contributed by atoms with Crippen molar-refractivity contribution in [2.75, 3.05) is 0 Å². The summed E-state index contributed by atoms with van der Waals surface area (Å²) in [5, 5.41) is 9.27. The van der Waals surface area contributed by atoms with Crippen LogP contribution < -0.4 is 0 Å². The number of halogens is 2. The third-order valence-electron chi connectivity index (χ3n) is 2.75. The first kappa shape index (κ1) is 10.8. The van der Waals surface area contributed by atoms with Crippen LogP contribution in [0.2, 0.25) is 0 Å². The van der Waals surface area contributed by atoms with E-state index in [1.807, 2.05) is 0 Å². The van der Waals surface area contributed by atoms with Crippen LogP contribution >= 0.6 is 0 Å². The third kappa shape index (κ3) is 1.70. The highest BCUT2D eigenvalue weighted by molar-refractivity contribution is 5.42. The van der Waals surface area contributed by atoms with Crippen LogP contribution in [0.5, 0.6) is 5.75 Å². The Morgan fingerprint density at radius 1 is 1.38 bits per heavy atom. The number of isocyanates is 1. The Morgan fingerprint density at radius 3 is 2.56 bits per heavy atom. The van der Waals surface area contributed by atoms with Crippen LogP contribution in [0.4, 0.5) is 8.78 Å². The standard InChI is InChI=1S/C11H9F2NO2/c12-11(13)5-10(6-11,14-7-15)8-2-1-3-9(16)4-8/h1-4,16H,5-6H2. The van der Waals surface area contributed by atoms with Gasteiger partial charge in [-0.25, -0.2) is 13.6 Å². The van der Waals surface area contributed by atoms with Crippen molar-refractivity contribution in [1.82, 2.24) is 0 Å². The number of aromatic hydroxyl groups is 1. The molecule has 0 bridgehead atoms. The monoisotopic (exact) mass is 225 g/mol. The van der Waals surface area contributed by atoms with Crippen molar-refractivity contribution in [3.8, 4) is 5.75 Å². The molecule has 84 valence electrons. The fourth-order valence-corrected chi connectivity index (χ4v) is 2.03. The molecule has 0 atom stereocenters. The van der Waals surface area contributed by atoms with Crippen molar-refractivity contribution in [1.29, 1.82) is 0 Å². The summed E-state index contributed by atoms with van der Waals surface area (Å²) in [7, 11) is 0. The molecule has 0 heterocycles. The van der Waals surface area contributed by atoms with Gasteiger partial charge in [-0.15, -0.1) is 0 Å². The lowest BCUT2D eigenvalue weighted by Crippen LogP contribution is -2.48. The van der Waals surface area contributed by atoms with Crippen molar-refractivity contribution in [3.63, 3.8) is 0 Å². The quantitative estimate of drug-likeness (QED) is 0.620. The Balaban J connectivity index is 2.39. The fraction of sp³-hybridized carbons (Fsp3) is 0.364. The summed E-state index contributed by atoms with van der Waals surface area (Å²) < 4.78 is 25.8. The number of phenols is 1. The number of rotatable bonds is 2.